The highest BCUT2D eigenvalue weighted by Gasteiger charge is 2.29. The fourth-order valence-electron chi connectivity index (χ4n) is 2.93. The minimum Gasteiger partial charge on any atom is -0.467 e. The lowest BCUT2D eigenvalue weighted by atomic mass is 10.2. The first-order chi connectivity index (χ1) is 12.7. The Morgan fingerprint density at radius 1 is 1.38 bits per heavy atom. The molecule has 0 spiro atoms. The molecule has 3 heterocycles. The Kier molecular flexibility index (Phi) is 4.26. The second-order valence-corrected chi connectivity index (χ2v) is 6.23. The number of hydrogen-bond acceptors (Lipinski definition) is 6. The van der Waals surface area contributed by atoms with E-state index in [1.54, 1.807) is 18.5 Å². The molecular formula is C18H19N5O3. The smallest absolute Gasteiger partial charge is 0.316 e. The van der Waals surface area contributed by atoms with E-state index in [1.807, 2.05) is 16.7 Å². The van der Waals surface area contributed by atoms with Crippen LogP contribution in [0.3, 0.4) is 0 Å². The van der Waals surface area contributed by atoms with Gasteiger partial charge in [0.2, 0.25) is 5.91 Å². The largest absolute Gasteiger partial charge is 0.467 e. The zero-order chi connectivity index (χ0) is 18.1. The van der Waals surface area contributed by atoms with Gasteiger partial charge >= 0.3 is 6.01 Å². The molecule has 0 aliphatic heterocycles. The summed E-state index contributed by atoms with van der Waals surface area (Å²) in [7, 11) is 1.52. The van der Waals surface area contributed by atoms with Crippen LogP contribution in [0.5, 0.6) is 6.01 Å². The second-order valence-electron chi connectivity index (χ2n) is 6.23. The van der Waals surface area contributed by atoms with Crippen molar-refractivity contribution in [3.8, 4) is 17.4 Å². The van der Waals surface area contributed by atoms with Gasteiger partial charge in [-0.3, -0.25) is 4.79 Å². The Morgan fingerprint density at radius 3 is 2.96 bits per heavy atom. The van der Waals surface area contributed by atoms with Crippen molar-refractivity contribution >= 4 is 22.6 Å². The molecule has 0 aromatic carbocycles. The van der Waals surface area contributed by atoms with E-state index >= 15 is 0 Å². The Bertz CT molecular complexity index is 965. The summed E-state index contributed by atoms with van der Waals surface area (Å²) in [5.74, 6) is 0.636. The van der Waals surface area contributed by atoms with Gasteiger partial charge in [0.1, 0.15) is 5.82 Å². The molecule has 8 heteroatoms. The number of amides is 1. The van der Waals surface area contributed by atoms with E-state index in [1.165, 1.54) is 7.11 Å². The summed E-state index contributed by atoms with van der Waals surface area (Å²) >= 11 is 0. The third-order valence-electron chi connectivity index (χ3n) is 4.39. The number of rotatable bonds is 6. The number of pyridine rings is 1. The lowest BCUT2D eigenvalue weighted by Crippen LogP contribution is -2.14. The van der Waals surface area contributed by atoms with E-state index in [0.29, 0.717) is 18.1 Å². The van der Waals surface area contributed by atoms with Crippen LogP contribution in [0.15, 0.2) is 30.6 Å². The monoisotopic (exact) mass is 353 g/mol. The third-order valence-corrected chi connectivity index (χ3v) is 4.39. The minimum absolute atomic E-state index is 0.0119. The molecule has 2 N–H and O–H groups in total. The van der Waals surface area contributed by atoms with Crippen LogP contribution in [0.4, 0.5) is 5.82 Å². The first-order valence-electron chi connectivity index (χ1n) is 8.48. The van der Waals surface area contributed by atoms with Gasteiger partial charge in [-0.1, -0.05) is 0 Å². The summed E-state index contributed by atoms with van der Waals surface area (Å²) in [6, 6.07) is 5.84. The fraction of sp³-hybridized carbons (Fsp3) is 0.333. The topological polar surface area (TPSA) is 102 Å². The van der Waals surface area contributed by atoms with Crippen LogP contribution in [0.25, 0.3) is 22.3 Å². The number of anilines is 1. The number of fused-ring (bicyclic) bond motifs is 1. The average molecular weight is 353 g/mol. The molecule has 3 aromatic heterocycles. The second kappa shape index (κ2) is 6.72. The molecule has 26 heavy (non-hydrogen) atoms. The number of aliphatic hydroxyl groups is 1. The van der Waals surface area contributed by atoms with Crippen molar-refractivity contribution in [2.75, 3.05) is 19.0 Å². The van der Waals surface area contributed by atoms with Crippen molar-refractivity contribution in [1.29, 1.82) is 0 Å². The van der Waals surface area contributed by atoms with E-state index in [2.05, 4.69) is 20.3 Å². The van der Waals surface area contributed by atoms with Crippen LogP contribution in [0.1, 0.15) is 12.8 Å². The molecule has 0 saturated heterocycles. The molecule has 0 unspecified atom stereocenters. The number of ether oxygens (including phenoxy) is 1. The Hall–Kier alpha value is -3.00. The lowest BCUT2D eigenvalue weighted by Gasteiger charge is -2.10. The number of carbonyl (C=O) groups is 1. The van der Waals surface area contributed by atoms with Gasteiger partial charge in [0.25, 0.3) is 0 Å². The predicted molar refractivity (Wildman–Crippen MR) is 95.8 cm³/mol. The third kappa shape index (κ3) is 3.11. The van der Waals surface area contributed by atoms with E-state index in [4.69, 9.17) is 4.74 Å². The molecule has 0 bridgehead atoms. The summed E-state index contributed by atoms with van der Waals surface area (Å²) < 4.78 is 7.05. The number of aromatic nitrogens is 4. The highest BCUT2D eigenvalue weighted by molar-refractivity contribution is 5.95. The number of methoxy groups -OCH3 is 1. The number of nitrogens with zero attached hydrogens (tertiary/aromatic N) is 4. The summed E-state index contributed by atoms with van der Waals surface area (Å²) in [5.41, 5.74) is 2.38. The number of aliphatic hydroxyl groups excluding tert-OH is 1. The summed E-state index contributed by atoms with van der Waals surface area (Å²) in [5, 5.41) is 13.3. The Morgan fingerprint density at radius 2 is 2.23 bits per heavy atom. The molecule has 0 radical (unpaired) electrons. The lowest BCUT2D eigenvalue weighted by molar-refractivity contribution is -0.117. The van der Waals surface area contributed by atoms with Crippen molar-refractivity contribution < 1.29 is 14.6 Å². The van der Waals surface area contributed by atoms with E-state index in [9.17, 15) is 9.90 Å². The standard InChI is InChI=1S/C18H19N5O3/c1-26-18-19-5-4-13(21-18)15-8-12-10-20-16(22-17(25)11-2-3-11)9-14(12)23(15)6-7-24/h4-5,8-11,24H,2-3,6-7H2,1H3,(H,20,22,25). The van der Waals surface area contributed by atoms with Crippen molar-refractivity contribution in [3.63, 3.8) is 0 Å². The van der Waals surface area contributed by atoms with Gasteiger partial charge in [0, 0.05) is 36.3 Å². The number of carbonyl (C=O) groups excluding carboxylic acids is 1. The maximum absolute atomic E-state index is 12.0. The van der Waals surface area contributed by atoms with Crippen LogP contribution >= 0.6 is 0 Å². The fourth-order valence-corrected chi connectivity index (χ4v) is 2.93. The van der Waals surface area contributed by atoms with E-state index < -0.39 is 0 Å². The first kappa shape index (κ1) is 16.5. The van der Waals surface area contributed by atoms with Crippen molar-refractivity contribution in [2.24, 2.45) is 5.92 Å². The molecule has 8 nitrogen and oxygen atoms in total. The average Bonchev–Trinajstić information content (AvgIpc) is 3.46. The number of nitrogens with one attached hydrogen (secondary N) is 1. The van der Waals surface area contributed by atoms with Crippen molar-refractivity contribution in [2.45, 2.75) is 19.4 Å². The van der Waals surface area contributed by atoms with Gasteiger partial charge in [-0.2, -0.15) is 4.98 Å². The van der Waals surface area contributed by atoms with Crippen LogP contribution in [-0.4, -0.2) is 44.2 Å². The Balaban J connectivity index is 1.77. The molecule has 1 amide bonds. The van der Waals surface area contributed by atoms with Crippen molar-refractivity contribution in [3.05, 3.63) is 30.6 Å². The van der Waals surface area contributed by atoms with Crippen LogP contribution in [-0.2, 0) is 11.3 Å². The first-order valence-corrected chi connectivity index (χ1v) is 8.48. The van der Waals surface area contributed by atoms with Gasteiger partial charge in [0.05, 0.1) is 30.6 Å². The predicted octanol–water partition coefficient (Wildman–Crippen LogP) is 1.84. The van der Waals surface area contributed by atoms with Crippen molar-refractivity contribution in [1.82, 2.24) is 19.5 Å². The summed E-state index contributed by atoms with van der Waals surface area (Å²) in [4.78, 5) is 24.7. The summed E-state index contributed by atoms with van der Waals surface area (Å²) in [6.45, 7) is 0.371. The number of hydrogen-bond donors (Lipinski definition) is 2. The van der Waals surface area contributed by atoms with Gasteiger partial charge in [-0.05, 0) is 25.0 Å². The van der Waals surface area contributed by atoms with E-state index in [0.717, 1.165) is 29.4 Å². The molecule has 4 rings (SSSR count). The van der Waals surface area contributed by atoms with Gasteiger partial charge < -0.3 is 19.7 Å². The zero-order valence-electron chi connectivity index (χ0n) is 14.3. The van der Waals surface area contributed by atoms with Crippen LogP contribution < -0.4 is 10.1 Å². The van der Waals surface area contributed by atoms with Crippen LogP contribution in [0, 0.1) is 5.92 Å². The highest BCUT2D eigenvalue weighted by atomic mass is 16.5. The van der Waals surface area contributed by atoms with Gasteiger partial charge in [-0.15, -0.1) is 0 Å². The molecule has 1 saturated carbocycles. The minimum atomic E-state index is -0.0227. The summed E-state index contributed by atoms with van der Waals surface area (Å²) in [6.07, 6.45) is 5.22. The molecular weight excluding hydrogens is 334 g/mol. The molecule has 134 valence electrons. The van der Waals surface area contributed by atoms with Crippen LogP contribution in [0.2, 0.25) is 0 Å². The maximum Gasteiger partial charge on any atom is 0.316 e. The maximum atomic E-state index is 12.0. The Labute approximate surface area is 149 Å². The van der Waals surface area contributed by atoms with E-state index in [-0.39, 0.29) is 24.4 Å². The highest BCUT2D eigenvalue weighted by Crippen LogP contribution is 2.31. The SMILES string of the molecule is COc1nccc(-c2cc3cnc(NC(=O)C4CC4)cc3n2CCO)n1. The molecule has 1 aliphatic rings. The zero-order valence-corrected chi connectivity index (χ0v) is 14.3. The quantitative estimate of drug-likeness (QED) is 0.701. The molecule has 1 aliphatic carbocycles. The molecule has 1 fully saturated rings. The normalized spacial score (nSPS) is 13.8. The molecule has 0 atom stereocenters. The molecule has 3 aromatic rings. The van der Waals surface area contributed by atoms with Gasteiger partial charge in [0.15, 0.2) is 0 Å². The van der Waals surface area contributed by atoms with Gasteiger partial charge in [-0.25, -0.2) is 9.97 Å².